The van der Waals surface area contributed by atoms with Gasteiger partial charge in [0, 0.05) is 24.4 Å². The predicted octanol–water partition coefficient (Wildman–Crippen LogP) is 6.90. The first-order chi connectivity index (χ1) is 21.2. The molecule has 9 heteroatoms. The molecule has 3 aromatic rings. The second kappa shape index (κ2) is 15.4. The van der Waals surface area contributed by atoms with E-state index in [1.54, 1.807) is 31.3 Å². The van der Waals surface area contributed by atoms with Crippen LogP contribution < -0.4 is 10.9 Å². The fourth-order valence-corrected chi connectivity index (χ4v) is 6.31. The summed E-state index contributed by atoms with van der Waals surface area (Å²) in [4.78, 5) is 41.4. The lowest BCUT2D eigenvalue weighted by molar-refractivity contribution is -0.138. The van der Waals surface area contributed by atoms with Crippen molar-refractivity contribution in [3.05, 3.63) is 91.6 Å². The zero-order valence-corrected chi connectivity index (χ0v) is 29.5. The number of likely N-dealkylation sites (N-methyl/N-ethyl adjacent to an activating group) is 1. The lowest BCUT2D eigenvalue weighted by atomic mass is 9.88. The van der Waals surface area contributed by atoms with Crippen LogP contribution in [0.1, 0.15) is 96.5 Å². The quantitative estimate of drug-likeness (QED) is 0.210. The van der Waals surface area contributed by atoms with Crippen molar-refractivity contribution in [3.8, 4) is 11.1 Å². The average molecular weight is 652 g/mol. The first-order valence-electron chi connectivity index (χ1n) is 16.0. The highest BCUT2D eigenvalue weighted by Crippen LogP contribution is 2.43. The van der Waals surface area contributed by atoms with Crippen LogP contribution in [0.15, 0.2) is 41.3 Å². The number of amides is 1. The summed E-state index contributed by atoms with van der Waals surface area (Å²) in [7, 11) is 3.95. The molecule has 4 rings (SSSR count). The van der Waals surface area contributed by atoms with Crippen molar-refractivity contribution < 1.29 is 19.1 Å². The molecule has 0 spiro atoms. The molecule has 1 fully saturated rings. The second-order valence-electron chi connectivity index (χ2n) is 13.6. The van der Waals surface area contributed by atoms with Gasteiger partial charge in [-0.25, -0.2) is 4.39 Å². The number of carboxylic acid groups (broad SMARTS) is 1. The summed E-state index contributed by atoms with van der Waals surface area (Å²) in [5.74, 6) is -1.56. The molecule has 2 atom stereocenters. The molecule has 1 saturated carbocycles. The Morgan fingerprint density at radius 2 is 1.63 bits per heavy atom. The number of pyridine rings is 1. The van der Waals surface area contributed by atoms with E-state index in [2.05, 4.69) is 22.3 Å². The lowest BCUT2D eigenvalue weighted by Gasteiger charge is -2.26. The highest BCUT2D eigenvalue weighted by molar-refractivity contribution is 7.59. The van der Waals surface area contributed by atoms with Crippen molar-refractivity contribution in [1.29, 1.82) is 0 Å². The van der Waals surface area contributed by atoms with Crippen LogP contribution in [0.3, 0.4) is 0 Å². The first kappa shape index (κ1) is 37.0. The molecule has 46 heavy (non-hydrogen) atoms. The molecular weight excluding hydrogens is 601 g/mol. The Morgan fingerprint density at radius 1 is 1.00 bits per heavy atom. The SMILES string of the molecule is Cc1cc(=O)n(C(CC(C)C)C(=O)N[C@@H](CC(=O)O)c2cc(-c3c(C)cc(C4CC4)cc3C)cc(C)c2F)cc1CCN(C)C.S. The van der Waals surface area contributed by atoms with E-state index in [1.165, 1.54) is 23.0 Å². The fourth-order valence-electron chi connectivity index (χ4n) is 6.31. The Morgan fingerprint density at radius 3 is 2.17 bits per heavy atom. The molecule has 2 aromatic carbocycles. The summed E-state index contributed by atoms with van der Waals surface area (Å²) in [5.41, 5.74) is 7.24. The van der Waals surface area contributed by atoms with E-state index in [1.807, 2.05) is 48.7 Å². The number of aliphatic carboxylic acids is 1. The number of nitrogens with one attached hydrogen (secondary N) is 1. The van der Waals surface area contributed by atoms with Gasteiger partial charge >= 0.3 is 5.97 Å². The van der Waals surface area contributed by atoms with Crippen molar-refractivity contribution in [2.75, 3.05) is 20.6 Å². The standard InChI is InChI=1S/C37H48FN3O4.H2S/c1-21(2)13-32(41-20-27(11-12-40(7)8)22(3)17-33(41)42)37(45)39-31(19-34(43)44)30-18-29(16-25(6)36(30)38)35-23(4)14-28(15-24(35)5)26-9-10-26;/h14-18,20-21,26,31-32H,9-13,19H2,1-8H3,(H,39,45)(H,43,44);1H2/t31-,32?;/m0./s1. The van der Waals surface area contributed by atoms with Crippen molar-refractivity contribution in [1.82, 2.24) is 14.8 Å². The van der Waals surface area contributed by atoms with E-state index in [4.69, 9.17) is 0 Å². The Balaban J connectivity index is 0.00000576. The number of hydrogen-bond donors (Lipinski definition) is 2. The van der Waals surface area contributed by atoms with Crippen LogP contribution in [0.25, 0.3) is 11.1 Å². The van der Waals surface area contributed by atoms with Gasteiger partial charge in [-0.3, -0.25) is 14.4 Å². The van der Waals surface area contributed by atoms with Gasteiger partial charge in [0.2, 0.25) is 5.91 Å². The molecular formula is C37H50FN3O4S. The number of benzene rings is 2. The smallest absolute Gasteiger partial charge is 0.305 e. The molecule has 1 aromatic heterocycles. The second-order valence-corrected chi connectivity index (χ2v) is 13.6. The summed E-state index contributed by atoms with van der Waals surface area (Å²) in [5, 5.41) is 12.7. The molecule has 1 amide bonds. The van der Waals surface area contributed by atoms with Crippen LogP contribution in [0, 0.1) is 39.4 Å². The normalized spacial score (nSPS) is 14.2. The lowest BCUT2D eigenvalue weighted by Crippen LogP contribution is -2.40. The Hall–Kier alpha value is -3.43. The zero-order valence-electron chi connectivity index (χ0n) is 28.5. The van der Waals surface area contributed by atoms with E-state index in [0.29, 0.717) is 24.3 Å². The maximum Gasteiger partial charge on any atom is 0.305 e. The molecule has 7 nitrogen and oxygen atoms in total. The molecule has 1 aliphatic carbocycles. The zero-order chi connectivity index (χ0) is 33.2. The first-order valence-corrected chi connectivity index (χ1v) is 16.0. The van der Waals surface area contributed by atoms with Gasteiger partial charge in [-0.1, -0.05) is 26.0 Å². The summed E-state index contributed by atoms with van der Waals surface area (Å²) < 4.78 is 17.3. The van der Waals surface area contributed by atoms with Crippen molar-refractivity contribution in [2.45, 2.75) is 91.6 Å². The minimum absolute atomic E-state index is 0. The number of aromatic nitrogens is 1. The van der Waals surface area contributed by atoms with Gasteiger partial charge in [-0.05, 0) is 136 Å². The third kappa shape index (κ3) is 8.88. The molecule has 250 valence electrons. The topological polar surface area (TPSA) is 91.6 Å². The Kier molecular flexibility index (Phi) is 12.4. The molecule has 0 radical (unpaired) electrons. The highest BCUT2D eigenvalue weighted by atomic mass is 32.1. The van der Waals surface area contributed by atoms with Crippen LogP contribution >= 0.6 is 13.5 Å². The number of carbonyl (C=O) groups excluding carboxylic acids is 1. The average Bonchev–Trinajstić information content (AvgIpc) is 3.78. The van der Waals surface area contributed by atoms with E-state index >= 15 is 4.39 Å². The van der Waals surface area contributed by atoms with Gasteiger partial charge in [-0.15, -0.1) is 0 Å². The Bertz CT molecular complexity index is 1620. The number of halogens is 1. The summed E-state index contributed by atoms with van der Waals surface area (Å²) >= 11 is 0. The fraction of sp³-hybridized carbons (Fsp3) is 0.486. The van der Waals surface area contributed by atoms with E-state index in [9.17, 15) is 19.5 Å². The predicted molar refractivity (Wildman–Crippen MR) is 188 cm³/mol. The van der Waals surface area contributed by atoms with Gasteiger partial charge in [0.25, 0.3) is 5.56 Å². The molecule has 2 N–H and O–H groups in total. The number of nitrogens with zero attached hydrogens (tertiary/aromatic N) is 2. The van der Waals surface area contributed by atoms with Crippen LogP contribution in [-0.4, -0.2) is 47.1 Å². The van der Waals surface area contributed by atoms with Gasteiger partial charge in [0.05, 0.1) is 12.5 Å². The monoisotopic (exact) mass is 651 g/mol. The summed E-state index contributed by atoms with van der Waals surface area (Å²) in [6.45, 7) is 12.3. The van der Waals surface area contributed by atoms with Crippen LogP contribution in [-0.2, 0) is 16.0 Å². The maximum absolute atomic E-state index is 15.9. The molecule has 1 heterocycles. The van der Waals surface area contributed by atoms with Crippen LogP contribution in [0.2, 0.25) is 0 Å². The third-order valence-electron chi connectivity index (χ3n) is 8.80. The van der Waals surface area contributed by atoms with Gasteiger partial charge < -0.3 is 19.9 Å². The molecule has 1 unspecified atom stereocenters. The van der Waals surface area contributed by atoms with E-state index in [-0.39, 0.29) is 30.5 Å². The van der Waals surface area contributed by atoms with Crippen molar-refractivity contribution in [3.63, 3.8) is 0 Å². The minimum atomic E-state index is -1.16. The maximum atomic E-state index is 15.9. The van der Waals surface area contributed by atoms with E-state index < -0.39 is 36.2 Å². The Labute approximate surface area is 279 Å². The highest BCUT2D eigenvalue weighted by Gasteiger charge is 2.30. The largest absolute Gasteiger partial charge is 0.481 e. The number of aryl methyl sites for hydroxylation is 4. The number of carboxylic acids is 1. The van der Waals surface area contributed by atoms with Gasteiger partial charge in [0.1, 0.15) is 11.9 Å². The van der Waals surface area contributed by atoms with E-state index in [0.717, 1.165) is 39.9 Å². The molecule has 0 bridgehead atoms. The number of carbonyl (C=O) groups is 2. The van der Waals surface area contributed by atoms with Gasteiger partial charge in [0.15, 0.2) is 0 Å². The third-order valence-corrected chi connectivity index (χ3v) is 8.80. The number of hydrogen-bond acceptors (Lipinski definition) is 4. The van der Waals surface area contributed by atoms with Gasteiger partial charge in [-0.2, -0.15) is 13.5 Å². The van der Waals surface area contributed by atoms with Crippen LogP contribution in [0.4, 0.5) is 4.39 Å². The summed E-state index contributed by atoms with van der Waals surface area (Å²) in [6, 6.07) is 7.37. The molecule has 0 saturated heterocycles. The van der Waals surface area contributed by atoms with Crippen molar-refractivity contribution >= 4 is 25.4 Å². The number of rotatable bonds is 13. The van der Waals surface area contributed by atoms with Crippen LogP contribution in [0.5, 0.6) is 0 Å². The summed E-state index contributed by atoms with van der Waals surface area (Å²) in [6.07, 6.45) is 4.69. The molecule has 0 aliphatic heterocycles. The minimum Gasteiger partial charge on any atom is -0.481 e. The van der Waals surface area contributed by atoms with Crippen molar-refractivity contribution in [2.24, 2.45) is 5.92 Å². The molecule has 1 aliphatic rings.